The fourth-order valence-electron chi connectivity index (χ4n) is 6.52. The van der Waals surface area contributed by atoms with Crippen LogP contribution in [0.4, 0.5) is 14.7 Å². The summed E-state index contributed by atoms with van der Waals surface area (Å²) in [5.74, 6) is 0.412. The van der Waals surface area contributed by atoms with Crippen molar-refractivity contribution in [2.75, 3.05) is 18.4 Å². The molecular formula is C42H37ClF2N14. The van der Waals surface area contributed by atoms with E-state index in [1.807, 2.05) is 44.4 Å². The molecule has 14 nitrogen and oxygen atoms in total. The van der Waals surface area contributed by atoms with Crippen molar-refractivity contribution in [3.05, 3.63) is 149 Å². The van der Waals surface area contributed by atoms with E-state index in [4.69, 9.17) is 17.3 Å². The number of para-hydroxylation sites is 2. The maximum atomic E-state index is 13.6. The largest absolute Gasteiger partial charge is 0.361 e. The van der Waals surface area contributed by atoms with Crippen molar-refractivity contribution < 1.29 is 8.78 Å². The number of H-pyrrole nitrogens is 2. The lowest BCUT2D eigenvalue weighted by atomic mass is 10.1. The van der Waals surface area contributed by atoms with E-state index in [1.165, 1.54) is 50.3 Å². The summed E-state index contributed by atoms with van der Waals surface area (Å²) in [5, 5.41) is 14.4. The highest BCUT2D eigenvalue weighted by atomic mass is 35.5. The number of anilines is 1. The molecule has 0 radical (unpaired) electrons. The number of benzene rings is 2. The summed E-state index contributed by atoms with van der Waals surface area (Å²) in [7, 11) is 0. The summed E-state index contributed by atoms with van der Waals surface area (Å²) in [6.45, 7) is 5.16. The van der Waals surface area contributed by atoms with Crippen LogP contribution in [-0.4, -0.2) is 72.2 Å². The average molecular weight is 811 g/mol. The van der Waals surface area contributed by atoms with Gasteiger partial charge in [0.15, 0.2) is 22.9 Å². The molecule has 8 aromatic heterocycles. The van der Waals surface area contributed by atoms with E-state index in [9.17, 15) is 8.78 Å². The lowest BCUT2D eigenvalue weighted by molar-refractivity contribution is 0.621. The lowest BCUT2D eigenvalue weighted by Gasteiger charge is -2.09. The third-order valence-electron chi connectivity index (χ3n) is 9.42. The molecule has 0 amide bonds. The van der Waals surface area contributed by atoms with Crippen LogP contribution >= 0.6 is 11.6 Å². The number of hydrogen-bond donors (Lipinski definition) is 4. The number of aryl methyl sites for hydroxylation is 2. The number of rotatable bonds is 8. The van der Waals surface area contributed by atoms with Crippen LogP contribution in [0.15, 0.2) is 110 Å². The Kier molecular flexibility index (Phi) is 11.2. The Morgan fingerprint density at radius 1 is 0.661 bits per heavy atom. The number of halogens is 3. The van der Waals surface area contributed by atoms with Gasteiger partial charge in [-0.15, -0.1) is 0 Å². The molecule has 17 heteroatoms. The van der Waals surface area contributed by atoms with E-state index < -0.39 is 11.6 Å². The fourth-order valence-corrected chi connectivity index (χ4v) is 6.73. The van der Waals surface area contributed by atoms with Crippen LogP contribution in [0, 0.1) is 25.5 Å². The van der Waals surface area contributed by atoms with Gasteiger partial charge in [-0.1, -0.05) is 36.4 Å². The summed E-state index contributed by atoms with van der Waals surface area (Å²) in [5.41, 5.74) is 14.4. The van der Waals surface area contributed by atoms with E-state index in [-0.39, 0.29) is 5.28 Å². The van der Waals surface area contributed by atoms with E-state index in [2.05, 4.69) is 85.7 Å². The van der Waals surface area contributed by atoms with Gasteiger partial charge in [-0.25, -0.2) is 18.7 Å². The monoisotopic (exact) mass is 810 g/mol. The average Bonchev–Trinajstić information content (AvgIpc) is 4.05. The number of nitrogens with two attached hydrogens (primary N) is 1. The van der Waals surface area contributed by atoms with E-state index >= 15 is 0 Å². The van der Waals surface area contributed by atoms with Gasteiger partial charge in [0.2, 0.25) is 11.2 Å². The van der Waals surface area contributed by atoms with Crippen LogP contribution in [0.1, 0.15) is 22.3 Å². The van der Waals surface area contributed by atoms with Crippen molar-refractivity contribution in [1.29, 1.82) is 0 Å². The van der Waals surface area contributed by atoms with E-state index in [0.29, 0.717) is 53.1 Å². The van der Waals surface area contributed by atoms with Crippen molar-refractivity contribution in [2.24, 2.45) is 5.73 Å². The van der Waals surface area contributed by atoms with E-state index in [0.717, 1.165) is 41.9 Å². The first-order valence-electron chi connectivity index (χ1n) is 18.6. The number of hydrogen-bond acceptors (Lipinski definition) is 10. The van der Waals surface area contributed by atoms with Crippen LogP contribution in [0.2, 0.25) is 5.28 Å². The summed E-state index contributed by atoms with van der Waals surface area (Å²) >= 11 is 6.00. The SMILES string of the molecule is Cc1cnn2c(Cl)nc(-c3cncc(F)c3)nc12.Cc1cnn2c(NCCc3c[nH]c4ccccc34)nc(-c3cncc(F)c3)nc12.NCCc1c[nH]c2ccccc12. The third-order valence-corrected chi connectivity index (χ3v) is 9.66. The number of nitrogens with zero attached hydrogens (tertiary/aromatic N) is 10. The molecule has 0 atom stereocenters. The highest BCUT2D eigenvalue weighted by Gasteiger charge is 2.14. The molecule has 8 heterocycles. The molecule has 0 aliphatic carbocycles. The number of pyridine rings is 2. The van der Waals surface area contributed by atoms with Crippen LogP contribution in [0.25, 0.3) is 55.9 Å². The molecule has 0 saturated carbocycles. The molecule has 5 N–H and O–H groups in total. The zero-order valence-corrected chi connectivity index (χ0v) is 32.7. The van der Waals surface area contributed by atoms with Crippen molar-refractivity contribution in [2.45, 2.75) is 26.7 Å². The maximum Gasteiger partial charge on any atom is 0.227 e. The van der Waals surface area contributed by atoms with Crippen LogP contribution in [0.3, 0.4) is 0 Å². The topological polar surface area (TPSA) is 182 Å². The van der Waals surface area contributed by atoms with Crippen LogP contribution in [-0.2, 0) is 12.8 Å². The lowest BCUT2D eigenvalue weighted by Crippen LogP contribution is -2.12. The quantitative estimate of drug-likeness (QED) is 0.119. The summed E-state index contributed by atoms with van der Waals surface area (Å²) in [6.07, 6.45) is 14.5. The second-order valence-corrected chi connectivity index (χ2v) is 13.9. The molecule has 0 unspecified atom stereocenters. The first-order valence-corrected chi connectivity index (χ1v) is 19.0. The zero-order chi connectivity index (χ0) is 40.9. The summed E-state index contributed by atoms with van der Waals surface area (Å²) < 4.78 is 29.8. The minimum Gasteiger partial charge on any atom is -0.361 e. The van der Waals surface area contributed by atoms with E-state index in [1.54, 1.807) is 23.1 Å². The Bertz CT molecular complexity index is 3040. The summed E-state index contributed by atoms with van der Waals surface area (Å²) in [4.78, 5) is 31.7. The van der Waals surface area contributed by atoms with Gasteiger partial charge in [-0.3, -0.25) is 9.97 Å². The predicted molar refractivity (Wildman–Crippen MR) is 224 cm³/mol. The third kappa shape index (κ3) is 8.44. The first-order chi connectivity index (χ1) is 28.7. The molecule has 59 heavy (non-hydrogen) atoms. The van der Waals surface area contributed by atoms with Gasteiger partial charge < -0.3 is 21.0 Å². The highest BCUT2D eigenvalue weighted by Crippen LogP contribution is 2.23. The molecule has 0 bridgehead atoms. The Balaban J connectivity index is 0.000000137. The van der Waals surface area contributed by atoms with Crippen LogP contribution in [0.5, 0.6) is 0 Å². The minimum absolute atomic E-state index is 0.173. The van der Waals surface area contributed by atoms with Gasteiger partial charge in [-0.2, -0.15) is 29.2 Å². The van der Waals surface area contributed by atoms with Crippen molar-refractivity contribution in [1.82, 2.24) is 59.1 Å². The molecule has 10 rings (SSSR count). The van der Waals surface area contributed by atoms with Gasteiger partial charge in [-0.05, 0) is 80.2 Å². The molecule has 0 aliphatic heterocycles. The van der Waals surface area contributed by atoms with Gasteiger partial charge in [0.05, 0.1) is 24.8 Å². The Morgan fingerprint density at radius 3 is 1.76 bits per heavy atom. The van der Waals surface area contributed by atoms with Crippen molar-refractivity contribution in [3.63, 3.8) is 0 Å². The molecule has 0 saturated heterocycles. The van der Waals surface area contributed by atoms with Crippen LogP contribution < -0.4 is 11.1 Å². The smallest absolute Gasteiger partial charge is 0.227 e. The van der Waals surface area contributed by atoms with Gasteiger partial charge in [0.1, 0.15) is 11.6 Å². The highest BCUT2D eigenvalue weighted by molar-refractivity contribution is 6.28. The number of aromatic nitrogens is 12. The fraction of sp³-hybridized carbons (Fsp3) is 0.143. The van der Waals surface area contributed by atoms with Gasteiger partial charge in [0.25, 0.3) is 0 Å². The number of aromatic amines is 2. The molecule has 10 aromatic rings. The molecule has 0 aliphatic rings. The molecular weight excluding hydrogens is 774 g/mol. The minimum atomic E-state index is -0.447. The van der Waals surface area contributed by atoms with Gasteiger partial charge >= 0.3 is 0 Å². The standard InChI is InChI=1S/C21H18FN7.C11H7ClFN5.C10H12N2/c1-13-9-26-29-20(13)27-19(15-8-16(22)12-23-10-15)28-21(29)24-7-6-14-11-25-18-5-3-2-4-17(14)18;1-6-3-15-18-10(6)16-9(17-11(18)12)7-2-8(13)5-14-4-7;11-6-5-8-7-12-10-4-2-1-3-9(8)10/h2-5,8-12,25H,6-7H2,1H3,(H,24,27,28);2-5H,1H3;1-4,7,12H,5-6,11H2. The molecule has 2 aromatic carbocycles. The molecule has 0 spiro atoms. The normalized spacial score (nSPS) is 11.2. The second-order valence-electron chi connectivity index (χ2n) is 13.5. The molecule has 0 fully saturated rings. The van der Waals surface area contributed by atoms with Gasteiger partial charge in [0, 0.05) is 75.4 Å². The van der Waals surface area contributed by atoms with Crippen molar-refractivity contribution >= 4 is 50.6 Å². The Morgan fingerprint density at radius 2 is 1.19 bits per heavy atom. The molecule has 296 valence electrons. The first kappa shape index (κ1) is 38.7. The Labute approximate surface area is 340 Å². The zero-order valence-electron chi connectivity index (χ0n) is 31.9. The number of fused-ring (bicyclic) bond motifs is 4. The predicted octanol–water partition coefficient (Wildman–Crippen LogP) is 7.73. The van der Waals surface area contributed by atoms with Crippen molar-refractivity contribution in [3.8, 4) is 22.8 Å². The summed E-state index contributed by atoms with van der Waals surface area (Å²) in [6, 6.07) is 19.2. The second kappa shape index (κ2) is 17.1. The maximum absolute atomic E-state index is 13.6. The number of nitrogens with one attached hydrogen (secondary N) is 3. The Hall–Kier alpha value is -7.17.